The smallest absolute Gasteiger partial charge is 0.0548 e. The summed E-state index contributed by atoms with van der Waals surface area (Å²) in [5.41, 5.74) is 1.34. The number of rotatable bonds is 3. The van der Waals surface area contributed by atoms with E-state index in [1.807, 2.05) is 0 Å². The molecule has 0 aliphatic carbocycles. The van der Waals surface area contributed by atoms with Gasteiger partial charge in [-0.15, -0.1) is 0 Å². The zero-order chi connectivity index (χ0) is 12.3. The van der Waals surface area contributed by atoms with E-state index >= 15 is 0 Å². The predicted octanol–water partition coefficient (Wildman–Crippen LogP) is 3.29. The summed E-state index contributed by atoms with van der Waals surface area (Å²) in [5.74, 6) is 2.34. The maximum atomic E-state index is 5.57. The second-order valence-electron chi connectivity index (χ2n) is 5.97. The molecule has 1 atom stereocenters. The minimum atomic E-state index is 0.583. The van der Waals surface area contributed by atoms with Gasteiger partial charge in [-0.05, 0) is 37.5 Å². The Morgan fingerprint density at radius 3 is 2.47 bits per heavy atom. The van der Waals surface area contributed by atoms with Gasteiger partial charge in [0, 0.05) is 31.3 Å². The monoisotopic (exact) mass is 237 g/mol. The van der Waals surface area contributed by atoms with Gasteiger partial charge in [0.2, 0.25) is 0 Å². The lowest BCUT2D eigenvalue weighted by molar-refractivity contribution is 0.0523. The Morgan fingerprint density at radius 2 is 1.94 bits per heavy atom. The zero-order valence-electron chi connectivity index (χ0n) is 11.5. The quantitative estimate of drug-likeness (QED) is 0.747. The van der Waals surface area contributed by atoms with Crippen molar-refractivity contribution >= 4 is 0 Å². The third kappa shape index (κ3) is 3.25. The van der Waals surface area contributed by atoms with Crippen molar-refractivity contribution in [1.29, 1.82) is 0 Å². The molecule has 0 aromatic carbocycles. The summed E-state index contributed by atoms with van der Waals surface area (Å²) in [5, 5.41) is 0. The van der Waals surface area contributed by atoms with Crippen LogP contribution in [0.2, 0.25) is 0 Å². The standard InChI is InChI=1S/C15H27NO/c1-12(2)14-6-8-16(9-7-14)13(3)15-5-4-10-17-11-15/h12,14-15H,3-11H2,1-2H3. The van der Waals surface area contributed by atoms with Gasteiger partial charge in [0.1, 0.15) is 0 Å². The Hall–Kier alpha value is -0.500. The number of nitrogens with zero attached hydrogens (tertiary/aromatic N) is 1. The van der Waals surface area contributed by atoms with Crippen molar-refractivity contribution in [2.24, 2.45) is 17.8 Å². The average Bonchev–Trinajstić information content (AvgIpc) is 2.39. The molecule has 0 radical (unpaired) electrons. The summed E-state index contributed by atoms with van der Waals surface area (Å²) in [6.07, 6.45) is 5.14. The number of ether oxygens (including phenoxy) is 1. The summed E-state index contributed by atoms with van der Waals surface area (Å²) in [4.78, 5) is 2.51. The van der Waals surface area contributed by atoms with Crippen LogP contribution in [0.5, 0.6) is 0 Å². The first-order chi connectivity index (χ1) is 8.18. The number of hydrogen-bond donors (Lipinski definition) is 0. The van der Waals surface area contributed by atoms with Crippen molar-refractivity contribution in [2.75, 3.05) is 26.3 Å². The lowest BCUT2D eigenvalue weighted by atomic mass is 9.86. The topological polar surface area (TPSA) is 12.5 Å². The summed E-state index contributed by atoms with van der Waals surface area (Å²) in [6.45, 7) is 13.3. The van der Waals surface area contributed by atoms with Gasteiger partial charge < -0.3 is 9.64 Å². The Balaban J connectivity index is 1.81. The van der Waals surface area contributed by atoms with Gasteiger partial charge in [0.15, 0.2) is 0 Å². The molecule has 1 unspecified atom stereocenters. The van der Waals surface area contributed by atoms with E-state index in [2.05, 4.69) is 25.3 Å². The molecule has 2 rings (SSSR count). The number of likely N-dealkylation sites (tertiary alicyclic amines) is 1. The van der Waals surface area contributed by atoms with Gasteiger partial charge >= 0.3 is 0 Å². The molecule has 0 bridgehead atoms. The van der Waals surface area contributed by atoms with Crippen LogP contribution < -0.4 is 0 Å². The molecule has 0 N–H and O–H groups in total. The average molecular weight is 237 g/mol. The Labute approximate surface area is 106 Å². The first-order valence-electron chi connectivity index (χ1n) is 7.20. The largest absolute Gasteiger partial charge is 0.381 e. The summed E-state index contributed by atoms with van der Waals surface area (Å²) < 4.78 is 5.57. The molecular weight excluding hydrogens is 210 g/mol. The van der Waals surface area contributed by atoms with Crippen molar-refractivity contribution in [1.82, 2.24) is 4.90 Å². The van der Waals surface area contributed by atoms with Crippen molar-refractivity contribution in [3.8, 4) is 0 Å². The Bertz CT molecular complexity index is 248. The molecule has 0 spiro atoms. The molecule has 2 aliphatic heterocycles. The first kappa shape index (κ1) is 12.9. The minimum absolute atomic E-state index is 0.583. The van der Waals surface area contributed by atoms with Crippen LogP contribution >= 0.6 is 0 Å². The maximum absolute atomic E-state index is 5.57. The van der Waals surface area contributed by atoms with E-state index in [1.165, 1.54) is 44.5 Å². The fourth-order valence-electron chi connectivity index (χ4n) is 3.12. The van der Waals surface area contributed by atoms with Crippen molar-refractivity contribution in [2.45, 2.75) is 39.5 Å². The van der Waals surface area contributed by atoms with E-state index in [4.69, 9.17) is 4.74 Å². The van der Waals surface area contributed by atoms with E-state index < -0.39 is 0 Å². The van der Waals surface area contributed by atoms with Gasteiger partial charge in [0.25, 0.3) is 0 Å². The molecule has 0 amide bonds. The first-order valence-corrected chi connectivity index (χ1v) is 7.20. The Morgan fingerprint density at radius 1 is 1.24 bits per heavy atom. The summed E-state index contributed by atoms with van der Waals surface area (Å²) in [7, 11) is 0. The molecule has 2 heterocycles. The molecule has 98 valence electrons. The molecule has 2 saturated heterocycles. The SMILES string of the molecule is C=C(C1CCCOC1)N1CCC(C(C)C)CC1. The highest BCUT2D eigenvalue weighted by atomic mass is 16.5. The molecule has 0 saturated carbocycles. The van der Waals surface area contributed by atoms with Crippen LogP contribution in [0.3, 0.4) is 0 Å². The lowest BCUT2D eigenvalue weighted by Gasteiger charge is -2.39. The van der Waals surface area contributed by atoms with Crippen LogP contribution in [0.1, 0.15) is 39.5 Å². The molecule has 2 nitrogen and oxygen atoms in total. The zero-order valence-corrected chi connectivity index (χ0v) is 11.5. The lowest BCUT2D eigenvalue weighted by Crippen LogP contribution is -2.38. The fraction of sp³-hybridized carbons (Fsp3) is 0.867. The van der Waals surface area contributed by atoms with Gasteiger partial charge in [0.05, 0.1) is 6.61 Å². The van der Waals surface area contributed by atoms with Gasteiger partial charge in [-0.2, -0.15) is 0 Å². The van der Waals surface area contributed by atoms with Crippen molar-refractivity contribution in [3.63, 3.8) is 0 Å². The minimum Gasteiger partial charge on any atom is -0.381 e. The third-order valence-electron chi connectivity index (χ3n) is 4.52. The molecular formula is C15H27NO. The van der Waals surface area contributed by atoms with Crippen LogP contribution in [-0.2, 0) is 4.74 Å². The molecule has 2 aliphatic rings. The normalized spacial score (nSPS) is 27.5. The molecule has 2 fully saturated rings. The van der Waals surface area contributed by atoms with E-state index in [0.29, 0.717) is 5.92 Å². The van der Waals surface area contributed by atoms with Gasteiger partial charge in [-0.3, -0.25) is 0 Å². The van der Waals surface area contributed by atoms with Gasteiger partial charge in [-0.1, -0.05) is 20.4 Å². The maximum Gasteiger partial charge on any atom is 0.0548 e. The van der Waals surface area contributed by atoms with Crippen LogP contribution in [0.25, 0.3) is 0 Å². The van der Waals surface area contributed by atoms with Gasteiger partial charge in [-0.25, -0.2) is 0 Å². The highest BCUT2D eigenvalue weighted by molar-refractivity contribution is 5.02. The van der Waals surface area contributed by atoms with Crippen LogP contribution in [0.15, 0.2) is 12.3 Å². The van der Waals surface area contributed by atoms with E-state index in [9.17, 15) is 0 Å². The molecule has 0 aromatic heterocycles. The second kappa shape index (κ2) is 5.90. The molecule has 17 heavy (non-hydrogen) atoms. The predicted molar refractivity (Wildman–Crippen MR) is 71.8 cm³/mol. The van der Waals surface area contributed by atoms with E-state index in [0.717, 1.165) is 25.0 Å². The van der Waals surface area contributed by atoms with E-state index in [-0.39, 0.29) is 0 Å². The Kier molecular flexibility index (Phi) is 4.49. The molecule has 2 heteroatoms. The van der Waals surface area contributed by atoms with Crippen molar-refractivity contribution in [3.05, 3.63) is 12.3 Å². The van der Waals surface area contributed by atoms with Crippen LogP contribution in [0, 0.1) is 17.8 Å². The number of hydrogen-bond acceptors (Lipinski definition) is 2. The number of piperidine rings is 1. The fourth-order valence-corrected chi connectivity index (χ4v) is 3.12. The van der Waals surface area contributed by atoms with E-state index in [1.54, 1.807) is 0 Å². The third-order valence-corrected chi connectivity index (χ3v) is 4.52. The highest BCUT2D eigenvalue weighted by Crippen LogP contribution is 2.30. The summed E-state index contributed by atoms with van der Waals surface area (Å²) in [6, 6.07) is 0. The highest BCUT2D eigenvalue weighted by Gasteiger charge is 2.26. The molecule has 0 aromatic rings. The van der Waals surface area contributed by atoms with Crippen LogP contribution in [0.4, 0.5) is 0 Å². The van der Waals surface area contributed by atoms with Crippen LogP contribution in [-0.4, -0.2) is 31.2 Å². The van der Waals surface area contributed by atoms with Crippen molar-refractivity contribution < 1.29 is 4.74 Å². The second-order valence-corrected chi connectivity index (χ2v) is 5.97. The summed E-state index contributed by atoms with van der Waals surface area (Å²) >= 11 is 0.